The average molecular weight is 339 g/mol. The van der Waals surface area contributed by atoms with Gasteiger partial charge in [-0.25, -0.2) is 19.8 Å². The zero-order chi connectivity index (χ0) is 16.4. The Labute approximate surface area is 135 Å². The second-order valence-electron chi connectivity index (χ2n) is 5.89. The molecule has 0 amide bonds. The van der Waals surface area contributed by atoms with E-state index in [2.05, 4.69) is 24.7 Å². The second kappa shape index (κ2) is 6.38. The Balaban J connectivity index is 1.60. The van der Waals surface area contributed by atoms with Crippen LogP contribution in [0, 0.1) is 5.92 Å². The number of piperidine rings is 1. The molecule has 0 saturated carbocycles. The number of aryl methyl sites for hydroxylation is 1. The maximum absolute atomic E-state index is 10.9. The molecule has 2 aromatic heterocycles. The van der Waals surface area contributed by atoms with Gasteiger partial charge in [0.05, 0.1) is 6.20 Å². The highest BCUT2D eigenvalue weighted by Crippen LogP contribution is 2.27. The Bertz CT molecular complexity index is 781. The molecule has 1 fully saturated rings. The fourth-order valence-corrected chi connectivity index (χ4v) is 3.41. The molecule has 1 aliphatic rings. The van der Waals surface area contributed by atoms with Crippen LogP contribution in [0.4, 0.5) is 5.82 Å². The van der Waals surface area contributed by atoms with Crippen LogP contribution in [0.3, 0.4) is 0 Å². The minimum atomic E-state index is -3.59. The van der Waals surface area contributed by atoms with Crippen molar-refractivity contribution in [1.29, 1.82) is 0 Å². The van der Waals surface area contributed by atoms with Crippen LogP contribution in [-0.2, 0) is 17.3 Å². The van der Waals surface area contributed by atoms with Gasteiger partial charge in [0.25, 0.3) is 10.2 Å². The smallest absolute Gasteiger partial charge is 0.274 e. The van der Waals surface area contributed by atoms with Gasteiger partial charge in [0, 0.05) is 26.7 Å². The van der Waals surface area contributed by atoms with Gasteiger partial charge >= 0.3 is 0 Å². The highest BCUT2D eigenvalue weighted by molar-refractivity contribution is 7.87. The summed E-state index contributed by atoms with van der Waals surface area (Å²) in [4.78, 5) is 10.9. The topological polar surface area (TPSA) is 119 Å². The summed E-state index contributed by atoms with van der Waals surface area (Å²) in [5, 5.41) is 9.38. The Hall–Kier alpha value is -1.78. The van der Waals surface area contributed by atoms with Crippen molar-refractivity contribution >= 4 is 27.1 Å². The fraction of sp³-hybridized carbons (Fsp3) is 0.615. The molecule has 9 nitrogen and oxygen atoms in total. The Kier molecular flexibility index (Phi) is 4.46. The largest absolute Gasteiger partial charge is 0.355 e. The Morgan fingerprint density at radius 1 is 1.35 bits per heavy atom. The standard InChI is InChI=1S/C13H21N7O2S/c1-19-8-11-12(18-19)13(16-9-15-11)20-6-3-10(4-7-20)2-5-17-23(14,21)22/h8-10,17H,2-7H2,1H3,(H2,14,21,22). The molecule has 0 aliphatic carbocycles. The first-order valence-corrected chi connectivity index (χ1v) is 9.14. The molecule has 0 radical (unpaired) electrons. The molecule has 0 atom stereocenters. The average Bonchev–Trinajstić information content (AvgIpc) is 2.87. The van der Waals surface area contributed by atoms with Gasteiger partial charge in [0.1, 0.15) is 11.8 Å². The van der Waals surface area contributed by atoms with E-state index in [0.29, 0.717) is 12.5 Å². The number of hydrogen-bond acceptors (Lipinski definition) is 6. The van der Waals surface area contributed by atoms with Gasteiger partial charge in [0.2, 0.25) is 0 Å². The van der Waals surface area contributed by atoms with Crippen molar-refractivity contribution in [2.24, 2.45) is 18.1 Å². The first-order chi connectivity index (χ1) is 10.9. The van der Waals surface area contributed by atoms with Crippen molar-refractivity contribution < 1.29 is 8.42 Å². The maximum Gasteiger partial charge on any atom is 0.274 e. The van der Waals surface area contributed by atoms with Gasteiger partial charge in [-0.05, 0) is 25.2 Å². The molecule has 2 aromatic rings. The van der Waals surface area contributed by atoms with Crippen molar-refractivity contribution in [2.75, 3.05) is 24.5 Å². The molecule has 23 heavy (non-hydrogen) atoms. The molecule has 1 aliphatic heterocycles. The lowest BCUT2D eigenvalue weighted by molar-refractivity contribution is 0.381. The summed E-state index contributed by atoms with van der Waals surface area (Å²) in [7, 11) is -1.72. The number of hydrogen-bond donors (Lipinski definition) is 2. The molecule has 10 heteroatoms. The van der Waals surface area contributed by atoms with E-state index in [1.807, 2.05) is 13.2 Å². The van der Waals surface area contributed by atoms with Crippen LogP contribution in [-0.4, -0.2) is 47.8 Å². The number of nitrogens with zero attached hydrogens (tertiary/aromatic N) is 5. The molecule has 3 rings (SSSR count). The van der Waals surface area contributed by atoms with Crippen molar-refractivity contribution in [3.8, 4) is 0 Å². The number of fused-ring (bicyclic) bond motifs is 1. The molecule has 3 N–H and O–H groups in total. The highest BCUT2D eigenvalue weighted by atomic mass is 32.2. The molecule has 0 unspecified atom stereocenters. The lowest BCUT2D eigenvalue weighted by Gasteiger charge is -2.32. The van der Waals surface area contributed by atoms with Gasteiger partial charge in [0.15, 0.2) is 11.3 Å². The summed E-state index contributed by atoms with van der Waals surface area (Å²) in [6, 6.07) is 0. The third-order valence-electron chi connectivity index (χ3n) is 4.17. The van der Waals surface area contributed by atoms with Gasteiger partial charge in [-0.2, -0.15) is 13.5 Å². The van der Waals surface area contributed by atoms with E-state index in [1.165, 1.54) is 0 Å². The van der Waals surface area contributed by atoms with E-state index in [4.69, 9.17) is 5.14 Å². The van der Waals surface area contributed by atoms with Gasteiger partial charge in [-0.15, -0.1) is 0 Å². The first kappa shape index (κ1) is 16.1. The summed E-state index contributed by atoms with van der Waals surface area (Å²) < 4.78 is 25.8. The molecule has 0 spiro atoms. The number of rotatable bonds is 5. The SMILES string of the molecule is Cn1cc2ncnc(N3CCC(CCNS(N)(=O)=O)CC3)c2n1. The third kappa shape index (κ3) is 3.95. The van der Waals surface area contributed by atoms with E-state index in [1.54, 1.807) is 11.0 Å². The third-order valence-corrected chi connectivity index (χ3v) is 4.77. The fourth-order valence-electron chi connectivity index (χ4n) is 3.01. The van der Waals surface area contributed by atoms with Crippen LogP contribution in [0.25, 0.3) is 11.0 Å². The first-order valence-electron chi connectivity index (χ1n) is 7.59. The summed E-state index contributed by atoms with van der Waals surface area (Å²) in [6.45, 7) is 2.15. The predicted octanol–water partition coefficient (Wildman–Crippen LogP) is -0.237. The molecule has 3 heterocycles. The van der Waals surface area contributed by atoms with Crippen LogP contribution >= 0.6 is 0 Å². The normalized spacial score (nSPS) is 17.0. The maximum atomic E-state index is 10.9. The van der Waals surface area contributed by atoms with Crippen LogP contribution in [0.5, 0.6) is 0 Å². The molecule has 1 saturated heterocycles. The van der Waals surface area contributed by atoms with Crippen LogP contribution in [0.2, 0.25) is 0 Å². The molecular weight excluding hydrogens is 318 g/mol. The quantitative estimate of drug-likeness (QED) is 0.776. The molecule has 0 aromatic carbocycles. The zero-order valence-electron chi connectivity index (χ0n) is 13.0. The predicted molar refractivity (Wildman–Crippen MR) is 87.0 cm³/mol. The van der Waals surface area contributed by atoms with Crippen LogP contribution < -0.4 is 14.8 Å². The van der Waals surface area contributed by atoms with E-state index >= 15 is 0 Å². The second-order valence-corrected chi connectivity index (χ2v) is 7.27. The van der Waals surface area contributed by atoms with Crippen LogP contribution in [0.1, 0.15) is 19.3 Å². The number of nitrogens with one attached hydrogen (secondary N) is 1. The number of nitrogens with two attached hydrogens (primary N) is 1. The summed E-state index contributed by atoms with van der Waals surface area (Å²) in [5.41, 5.74) is 1.67. The highest BCUT2D eigenvalue weighted by Gasteiger charge is 2.22. The van der Waals surface area contributed by atoms with E-state index in [0.717, 1.165) is 49.2 Å². The van der Waals surface area contributed by atoms with E-state index in [-0.39, 0.29) is 0 Å². The zero-order valence-corrected chi connectivity index (χ0v) is 13.8. The van der Waals surface area contributed by atoms with Gasteiger partial charge in [-0.1, -0.05) is 0 Å². The molecule has 126 valence electrons. The number of aromatic nitrogens is 4. The Morgan fingerprint density at radius 2 is 2.09 bits per heavy atom. The molecular formula is C13H21N7O2S. The van der Waals surface area contributed by atoms with Crippen molar-refractivity contribution in [2.45, 2.75) is 19.3 Å². The van der Waals surface area contributed by atoms with Crippen molar-refractivity contribution in [3.05, 3.63) is 12.5 Å². The van der Waals surface area contributed by atoms with Crippen molar-refractivity contribution in [3.63, 3.8) is 0 Å². The summed E-state index contributed by atoms with van der Waals surface area (Å²) in [5.74, 6) is 1.36. The van der Waals surface area contributed by atoms with E-state index in [9.17, 15) is 8.42 Å². The van der Waals surface area contributed by atoms with Gasteiger partial charge < -0.3 is 4.90 Å². The Morgan fingerprint density at radius 3 is 2.78 bits per heavy atom. The number of anilines is 1. The lowest BCUT2D eigenvalue weighted by Crippen LogP contribution is -2.37. The lowest BCUT2D eigenvalue weighted by atomic mass is 9.93. The monoisotopic (exact) mass is 339 g/mol. The minimum Gasteiger partial charge on any atom is -0.355 e. The minimum absolute atomic E-state index is 0.390. The van der Waals surface area contributed by atoms with Gasteiger partial charge in [-0.3, -0.25) is 4.68 Å². The van der Waals surface area contributed by atoms with Crippen LogP contribution in [0.15, 0.2) is 12.5 Å². The summed E-state index contributed by atoms with van der Waals surface area (Å²) >= 11 is 0. The molecule has 0 bridgehead atoms. The van der Waals surface area contributed by atoms with E-state index < -0.39 is 10.2 Å². The van der Waals surface area contributed by atoms with Crippen molar-refractivity contribution in [1.82, 2.24) is 24.5 Å². The summed E-state index contributed by atoms with van der Waals surface area (Å²) in [6.07, 6.45) is 6.23.